The van der Waals surface area contributed by atoms with E-state index in [4.69, 9.17) is 4.74 Å². The lowest BCUT2D eigenvalue weighted by atomic mass is 10.1. The third kappa shape index (κ3) is 4.06. The average Bonchev–Trinajstić information content (AvgIpc) is 2.97. The number of amides is 1. The van der Waals surface area contributed by atoms with E-state index >= 15 is 0 Å². The van der Waals surface area contributed by atoms with Crippen LogP contribution in [-0.4, -0.2) is 22.5 Å². The predicted molar refractivity (Wildman–Crippen MR) is 106 cm³/mol. The molecule has 0 radical (unpaired) electrons. The summed E-state index contributed by atoms with van der Waals surface area (Å²) in [6.07, 6.45) is 0.124. The lowest BCUT2D eigenvalue weighted by molar-refractivity contribution is 0.0507. The summed E-state index contributed by atoms with van der Waals surface area (Å²) < 4.78 is 21.7. The van der Waals surface area contributed by atoms with Crippen molar-refractivity contribution in [3.05, 3.63) is 65.6 Å². The van der Waals surface area contributed by atoms with Gasteiger partial charge < -0.3 is 14.6 Å². The van der Waals surface area contributed by atoms with Gasteiger partial charge in [-0.1, -0.05) is 18.2 Å². The molecule has 5 nitrogen and oxygen atoms in total. The van der Waals surface area contributed by atoms with Crippen molar-refractivity contribution in [3.8, 4) is 5.69 Å². The average molecular weight is 382 g/mol. The van der Waals surface area contributed by atoms with Gasteiger partial charge in [0, 0.05) is 16.6 Å². The first kappa shape index (κ1) is 19.6. The van der Waals surface area contributed by atoms with E-state index in [0.29, 0.717) is 22.2 Å². The summed E-state index contributed by atoms with van der Waals surface area (Å²) in [6, 6.07) is 13.4. The van der Waals surface area contributed by atoms with Gasteiger partial charge in [-0.2, -0.15) is 0 Å². The molecular formula is C22H23FN2O3. The van der Waals surface area contributed by atoms with Gasteiger partial charge in [-0.25, -0.2) is 9.18 Å². The summed E-state index contributed by atoms with van der Waals surface area (Å²) in [6.45, 7) is 6.97. The Morgan fingerprint density at radius 3 is 2.46 bits per heavy atom. The molecule has 0 aliphatic heterocycles. The van der Waals surface area contributed by atoms with Gasteiger partial charge in [-0.05, 0) is 58.0 Å². The fourth-order valence-corrected chi connectivity index (χ4v) is 3.11. The van der Waals surface area contributed by atoms with Gasteiger partial charge in [0.1, 0.15) is 11.4 Å². The second-order valence-corrected chi connectivity index (χ2v) is 7.66. The molecule has 6 heteroatoms. The van der Waals surface area contributed by atoms with Gasteiger partial charge in [-0.15, -0.1) is 0 Å². The molecule has 146 valence electrons. The van der Waals surface area contributed by atoms with Crippen molar-refractivity contribution in [2.75, 3.05) is 0 Å². The number of ether oxygens (including phenoxy) is 1. The second-order valence-electron chi connectivity index (χ2n) is 7.66. The van der Waals surface area contributed by atoms with Crippen LogP contribution >= 0.6 is 0 Å². The quantitative estimate of drug-likeness (QED) is 0.634. The molecule has 0 bridgehead atoms. The van der Waals surface area contributed by atoms with Gasteiger partial charge >= 0.3 is 6.09 Å². The van der Waals surface area contributed by atoms with E-state index in [1.54, 1.807) is 44.4 Å². The maximum absolute atomic E-state index is 14.7. The smallest absolute Gasteiger partial charge is 0.408 e. The van der Waals surface area contributed by atoms with Crippen LogP contribution in [0.2, 0.25) is 0 Å². The highest BCUT2D eigenvalue weighted by Crippen LogP contribution is 2.29. The van der Waals surface area contributed by atoms with Crippen LogP contribution in [0.5, 0.6) is 0 Å². The fraction of sp³-hybridized carbons (Fsp3) is 0.273. The number of aldehydes is 1. The SMILES string of the molecule is C[C@@H](NC(=O)OC(C)(C)C)c1cc2c(cc1F)cc(C=O)n2-c1ccccc1. The van der Waals surface area contributed by atoms with Crippen LogP contribution < -0.4 is 5.32 Å². The van der Waals surface area contributed by atoms with E-state index in [1.807, 2.05) is 30.3 Å². The molecule has 0 aliphatic carbocycles. The molecular weight excluding hydrogens is 359 g/mol. The Labute approximate surface area is 163 Å². The van der Waals surface area contributed by atoms with Gasteiger partial charge in [-0.3, -0.25) is 4.79 Å². The van der Waals surface area contributed by atoms with Crippen LogP contribution in [0.1, 0.15) is 49.8 Å². The third-order valence-corrected chi connectivity index (χ3v) is 4.28. The zero-order chi connectivity index (χ0) is 20.5. The van der Waals surface area contributed by atoms with E-state index < -0.39 is 23.6 Å². The standard InChI is InChI=1S/C22H23FN2O3/c1-14(24-21(27)28-22(2,3)4)18-12-20-15(11-19(18)23)10-17(13-26)25(20)16-8-6-5-7-9-16/h5-14H,1-4H3,(H,24,27)/t14-/m1/s1. The molecule has 2 aromatic carbocycles. The summed E-state index contributed by atoms with van der Waals surface area (Å²) in [5.74, 6) is -0.460. The molecule has 0 fully saturated rings. The maximum Gasteiger partial charge on any atom is 0.408 e. The number of carbonyl (C=O) groups is 2. The first-order valence-corrected chi connectivity index (χ1v) is 9.04. The summed E-state index contributed by atoms with van der Waals surface area (Å²) >= 11 is 0. The first-order chi connectivity index (χ1) is 13.2. The third-order valence-electron chi connectivity index (χ3n) is 4.28. The Hall–Kier alpha value is -3.15. The number of alkyl carbamates (subject to hydrolysis) is 1. The predicted octanol–water partition coefficient (Wildman–Crippen LogP) is 5.17. The molecule has 3 aromatic rings. The van der Waals surface area contributed by atoms with E-state index in [1.165, 1.54) is 6.07 Å². The number of hydrogen-bond donors (Lipinski definition) is 1. The number of hydrogen-bond acceptors (Lipinski definition) is 3. The van der Waals surface area contributed by atoms with E-state index in [0.717, 1.165) is 12.0 Å². The Morgan fingerprint density at radius 2 is 1.86 bits per heavy atom. The van der Waals surface area contributed by atoms with Gasteiger partial charge in [0.25, 0.3) is 0 Å². The van der Waals surface area contributed by atoms with Crippen LogP contribution in [-0.2, 0) is 4.74 Å². The van der Waals surface area contributed by atoms with E-state index in [2.05, 4.69) is 5.32 Å². The fourth-order valence-electron chi connectivity index (χ4n) is 3.11. The van der Waals surface area contributed by atoms with Crippen LogP contribution in [0.25, 0.3) is 16.6 Å². The summed E-state index contributed by atoms with van der Waals surface area (Å²) in [5, 5.41) is 3.27. The molecule has 1 aromatic heterocycles. The van der Waals surface area contributed by atoms with Crippen molar-refractivity contribution >= 4 is 23.3 Å². The Kier molecular flexibility index (Phi) is 5.23. The normalized spacial score (nSPS) is 12.6. The van der Waals surface area contributed by atoms with Crippen LogP contribution in [0.3, 0.4) is 0 Å². The number of fused-ring (bicyclic) bond motifs is 1. The molecule has 0 unspecified atom stereocenters. The highest BCUT2D eigenvalue weighted by molar-refractivity contribution is 5.91. The minimum absolute atomic E-state index is 0.311. The number of nitrogens with zero attached hydrogens (tertiary/aromatic N) is 1. The van der Waals surface area contributed by atoms with Crippen molar-refractivity contribution in [3.63, 3.8) is 0 Å². The molecule has 1 atom stereocenters. The Balaban J connectivity index is 2.04. The number of rotatable bonds is 4. The minimum atomic E-state index is -0.646. The molecule has 1 N–H and O–H groups in total. The van der Waals surface area contributed by atoms with Crippen LogP contribution in [0, 0.1) is 5.82 Å². The number of para-hydroxylation sites is 1. The maximum atomic E-state index is 14.7. The van der Waals surface area contributed by atoms with Crippen LogP contribution in [0.4, 0.5) is 9.18 Å². The molecule has 28 heavy (non-hydrogen) atoms. The van der Waals surface area contributed by atoms with Gasteiger partial charge in [0.15, 0.2) is 6.29 Å². The number of nitrogens with one attached hydrogen (secondary N) is 1. The molecule has 1 amide bonds. The minimum Gasteiger partial charge on any atom is -0.444 e. The zero-order valence-corrected chi connectivity index (χ0v) is 16.3. The van der Waals surface area contributed by atoms with Crippen molar-refractivity contribution < 1.29 is 18.7 Å². The lowest BCUT2D eigenvalue weighted by Crippen LogP contribution is -2.34. The summed E-state index contributed by atoms with van der Waals surface area (Å²) in [5.41, 5.74) is 1.57. The van der Waals surface area contributed by atoms with E-state index in [-0.39, 0.29) is 0 Å². The molecule has 3 rings (SSSR count). The molecule has 0 saturated heterocycles. The summed E-state index contributed by atoms with van der Waals surface area (Å²) in [7, 11) is 0. The van der Waals surface area contributed by atoms with Gasteiger partial charge in [0.2, 0.25) is 0 Å². The van der Waals surface area contributed by atoms with Crippen molar-refractivity contribution in [2.45, 2.75) is 39.3 Å². The topological polar surface area (TPSA) is 60.3 Å². The summed E-state index contributed by atoms with van der Waals surface area (Å²) in [4.78, 5) is 23.6. The van der Waals surface area contributed by atoms with Crippen molar-refractivity contribution in [2.24, 2.45) is 0 Å². The Morgan fingerprint density at radius 1 is 1.18 bits per heavy atom. The van der Waals surface area contributed by atoms with Crippen molar-refractivity contribution in [1.29, 1.82) is 0 Å². The number of carbonyl (C=O) groups excluding carboxylic acids is 2. The highest BCUT2D eigenvalue weighted by Gasteiger charge is 2.21. The number of halogens is 1. The van der Waals surface area contributed by atoms with Crippen molar-refractivity contribution in [1.82, 2.24) is 9.88 Å². The molecule has 0 aliphatic rings. The lowest BCUT2D eigenvalue weighted by Gasteiger charge is -2.22. The zero-order valence-electron chi connectivity index (χ0n) is 16.3. The number of aromatic nitrogens is 1. The van der Waals surface area contributed by atoms with Gasteiger partial charge in [0.05, 0.1) is 17.3 Å². The molecule has 0 spiro atoms. The largest absolute Gasteiger partial charge is 0.444 e. The molecule has 1 heterocycles. The first-order valence-electron chi connectivity index (χ1n) is 9.04. The molecule has 0 saturated carbocycles. The second kappa shape index (κ2) is 7.46. The van der Waals surface area contributed by atoms with E-state index in [9.17, 15) is 14.0 Å². The Bertz CT molecular complexity index is 1020. The van der Waals surface area contributed by atoms with Crippen LogP contribution in [0.15, 0.2) is 48.5 Å². The highest BCUT2D eigenvalue weighted by atomic mass is 19.1. The number of benzene rings is 2. The monoisotopic (exact) mass is 382 g/mol.